The van der Waals surface area contributed by atoms with E-state index >= 15 is 0 Å². The Hall–Kier alpha value is -0.940. The van der Waals surface area contributed by atoms with Gasteiger partial charge in [-0.1, -0.05) is 17.7 Å². The molecule has 6 heteroatoms. The van der Waals surface area contributed by atoms with Crippen LogP contribution >= 0.6 is 23.4 Å². The number of hydrogen-bond acceptors (Lipinski definition) is 2. The molecule has 1 saturated heterocycles. The Bertz CT molecular complexity index is 447. The van der Waals surface area contributed by atoms with Crippen LogP contribution in [0.2, 0.25) is 5.02 Å². The van der Waals surface area contributed by atoms with Gasteiger partial charge in [0.2, 0.25) is 0 Å². The summed E-state index contributed by atoms with van der Waals surface area (Å²) in [6.45, 7) is 2.30. The van der Waals surface area contributed by atoms with Crippen LogP contribution in [0.25, 0.3) is 0 Å². The predicted octanol–water partition coefficient (Wildman–Crippen LogP) is 2.34. The van der Waals surface area contributed by atoms with Crippen LogP contribution in [0.3, 0.4) is 0 Å². The maximum atomic E-state index is 13.0. The summed E-state index contributed by atoms with van der Waals surface area (Å²) < 4.78 is 13.0. The van der Waals surface area contributed by atoms with Crippen LogP contribution in [0.5, 0.6) is 0 Å². The van der Waals surface area contributed by atoms with Crippen LogP contribution in [0.15, 0.2) is 23.2 Å². The zero-order valence-corrected chi connectivity index (χ0v) is 11.5. The summed E-state index contributed by atoms with van der Waals surface area (Å²) >= 11 is 7.63. The van der Waals surface area contributed by atoms with Gasteiger partial charge in [-0.2, -0.15) is 11.8 Å². The molecule has 0 spiro atoms. The lowest BCUT2D eigenvalue weighted by Crippen LogP contribution is -2.42. The van der Waals surface area contributed by atoms with Crippen molar-refractivity contribution in [2.75, 3.05) is 24.6 Å². The van der Waals surface area contributed by atoms with E-state index in [0.29, 0.717) is 12.5 Å². The molecule has 1 fully saturated rings. The highest BCUT2D eigenvalue weighted by Crippen LogP contribution is 2.16. The maximum Gasteiger partial charge on any atom is 0.191 e. The van der Waals surface area contributed by atoms with E-state index in [1.807, 2.05) is 11.8 Å². The number of benzene rings is 1. The fourth-order valence-corrected chi connectivity index (χ4v) is 2.81. The molecule has 0 unspecified atom stereocenters. The standard InChI is InChI=1S/C12H15ClFN3S/c13-10-7-9(1-2-11(10)14)8-16-12(15)17-3-5-18-6-4-17/h1-2,7H,3-6,8H2,(H2,15,16). The van der Waals surface area contributed by atoms with Gasteiger partial charge in [0, 0.05) is 24.6 Å². The summed E-state index contributed by atoms with van der Waals surface area (Å²) in [5, 5.41) is 0.121. The van der Waals surface area contributed by atoms with E-state index in [9.17, 15) is 4.39 Å². The molecule has 2 N–H and O–H groups in total. The van der Waals surface area contributed by atoms with E-state index in [1.165, 1.54) is 6.07 Å². The third-order valence-electron chi connectivity index (χ3n) is 2.74. The Kier molecular flexibility index (Phi) is 4.72. The fourth-order valence-electron chi connectivity index (χ4n) is 1.70. The van der Waals surface area contributed by atoms with Gasteiger partial charge in [0.25, 0.3) is 0 Å². The summed E-state index contributed by atoms with van der Waals surface area (Å²) in [6.07, 6.45) is 0. The molecule has 0 aromatic heterocycles. The van der Waals surface area contributed by atoms with Crippen molar-refractivity contribution in [1.29, 1.82) is 0 Å². The Labute approximate surface area is 115 Å². The minimum atomic E-state index is -0.412. The topological polar surface area (TPSA) is 41.6 Å². The number of aliphatic imine (C=N–C) groups is 1. The average molecular weight is 288 g/mol. The summed E-state index contributed by atoms with van der Waals surface area (Å²) in [4.78, 5) is 6.39. The fraction of sp³-hybridized carbons (Fsp3) is 0.417. The normalized spacial score (nSPS) is 17.0. The molecule has 0 radical (unpaired) electrons. The maximum absolute atomic E-state index is 13.0. The number of rotatable bonds is 2. The number of nitrogens with zero attached hydrogens (tertiary/aromatic N) is 2. The number of halogens is 2. The highest BCUT2D eigenvalue weighted by molar-refractivity contribution is 7.99. The summed E-state index contributed by atoms with van der Waals surface area (Å²) in [5.41, 5.74) is 6.78. The smallest absolute Gasteiger partial charge is 0.191 e. The molecule has 0 atom stereocenters. The van der Waals surface area contributed by atoms with E-state index in [4.69, 9.17) is 17.3 Å². The molecule has 1 aliphatic rings. The molecule has 1 heterocycles. The highest BCUT2D eigenvalue weighted by atomic mass is 35.5. The van der Waals surface area contributed by atoms with Crippen LogP contribution in [0.4, 0.5) is 4.39 Å². The van der Waals surface area contributed by atoms with Crippen molar-refractivity contribution in [3.63, 3.8) is 0 Å². The Morgan fingerprint density at radius 2 is 2.17 bits per heavy atom. The first-order valence-corrected chi connectivity index (χ1v) is 7.26. The molecule has 0 saturated carbocycles. The second kappa shape index (κ2) is 6.29. The average Bonchev–Trinajstić information content (AvgIpc) is 2.41. The number of hydrogen-bond donors (Lipinski definition) is 1. The largest absolute Gasteiger partial charge is 0.370 e. The molecule has 0 bridgehead atoms. The Morgan fingerprint density at radius 3 is 2.83 bits per heavy atom. The van der Waals surface area contributed by atoms with Crippen molar-refractivity contribution >= 4 is 29.3 Å². The van der Waals surface area contributed by atoms with Gasteiger partial charge < -0.3 is 10.6 Å². The van der Waals surface area contributed by atoms with Crippen molar-refractivity contribution in [2.24, 2.45) is 10.7 Å². The predicted molar refractivity (Wildman–Crippen MR) is 75.6 cm³/mol. The van der Waals surface area contributed by atoms with E-state index < -0.39 is 5.82 Å². The lowest BCUT2D eigenvalue weighted by molar-refractivity contribution is 0.455. The molecule has 98 valence electrons. The van der Waals surface area contributed by atoms with Crippen LogP contribution in [-0.4, -0.2) is 35.5 Å². The molecule has 3 nitrogen and oxygen atoms in total. The van der Waals surface area contributed by atoms with Gasteiger partial charge in [-0.15, -0.1) is 0 Å². The van der Waals surface area contributed by atoms with Crippen molar-refractivity contribution in [3.05, 3.63) is 34.6 Å². The number of thioether (sulfide) groups is 1. The molecule has 1 aliphatic heterocycles. The first-order chi connectivity index (χ1) is 8.66. The summed E-state index contributed by atoms with van der Waals surface area (Å²) in [7, 11) is 0. The van der Waals surface area contributed by atoms with Gasteiger partial charge in [-0.25, -0.2) is 9.38 Å². The van der Waals surface area contributed by atoms with Gasteiger partial charge in [0.15, 0.2) is 5.96 Å². The van der Waals surface area contributed by atoms with E-state index in [1.54, 1.807) is 12.1 Å². The molecular formula is C12H15ClFN3S. The van der Waals surface area contributed by atoms with Gasteiger partial charge >= 0.3 is 0 Å². The zero-order valence-electron chi connectivity index (χ0n) is 9.90. The summed E-state index contributed by atoms with van der Waals surface area (Å²) in [6, 6.07) is 4.60. The molecule has 2 rings (SSSR count). The van der Waals surface area contributed by atoms with Gasteiger partial charge in [0.05, 0.1) is 11.6 Å². The van der Waals surface area contributed by atoms with E-state index in [-0.39, 0.29) is 5.02 Å². The molecule has 18 heavy (non-hydrogen) atoms. The molecule has 0 amide bonds. The lowest BCUT2D eigenvalue weighted by Gasteiger charge is -2.27. The van der Waals surface area contributed by atoms with Crippen LogP contribution in [-0.2, 0) is 6.54 Å². The van der Waals surface area contributed by atoms with Crippen molar-refractivity contribution < 1.29 is 4.39 Å². The molecule has 1 aromatic carbocycles. The zero-order chi connectivity index (χ0) is 13.0. The second-order valence-electron chi connectivity index (χ2n) is 4.02. The Morgan fingerprint density at radius 1 is 1.44 bits per heavy atom. The van der Waals surface area contributed by atoms with Crippen molar-refractivity contribution in [3.8, 4) is 0 Å². The van der Waals surface area contributed by atoms with Crippen molar-refractivity contribution in [2.45, 2.75) is 6.54 Å². The molecule has 0 aliphatic carbocycles. The molecular weight excluding hydrogens is 273 g/mol. The van der Waals surface area contributed by atoms with Crippen LogP contribution in [0.1, 0.15) is 5.56 Å². The van der Waals surface area contributed by atoms with Crippen LogP contribution < -0.4 is 5.73 Å². The highest BCUT2D eigenvalue weighted by Gasteiger charge is 2.11. The monoisotopic (exact) mass is 287 g/mol. The van der Waals surface area contributed by atoms with E-state index in [2.05, 4.69) is 9.89 Å². The quantitative estimate of drug-likeness (QED) is 0.671. The van der Waals surface area contributed by atoms with Crippen molar-refractivity contribution in [1.82, 2.24) is 4.90 Å². The number of nitrogens with two attached hydrogens (primary N) is 1. The Balaban J connectivity index is 1.98. The second-order valence-corrected chi connectivity index (χ2v) is 5.65. The minimum Gasteiger partial charge on any atom is -0.370 e. The third-order valence-corrected chi connectivity index (χ3v) is 3.97. The summed E-state index contributed by atoms with van der Waals surface area (Å²) in [5.74, 6) is 2.30. The van der Waals surface area contributed by atoms with Crippen LogP contribution in [0, 0.1) is 5.82 Å². The SMILES string of the molecule is NC(=NCc1ccc(F)c(Cl)c1)N1CCSCC1. The minimum absolute atomic E-state index is 0.121. The van der Waals surface area contributed by atoms with Gasteiger partial charge in [0.1, 0.15) is 5.82 Å². The first kappa shape index (κ1) is 13.5. The third kappa shape index (κ3) is 3.53. The van der Waals surface area contributed by atoms with E-state index in [0.717, 1.165) is 30.2 Å². The molecule has 1 aromatic rings. The number of guanidine groups is 1. The lowest BCUT2D eigenvalue weighted by atomic mass is 10.2. The van der Waals surface area contributed by atoms with Gasteiger partial charge in [-0.05, 0) is 17.7 Å². The first-order valence-electron chi connectivity index (χ1n) is 5.73. The van der Waals surface area contributed by atoms with Gasteiger partial charge in [-0.3, -0.25) is 0 Å².